The summed E-state index contributed by atoms with van der Waals surface area (Å²) in [5.74, 6) is 1.97. The first-order valence-corrected chi connectivity index (χ1v) is 10.7. The van der Waals surface area contributed by atoms with Crippen molar-refractivity contribution >= 4 is 0 Å². The standard InChI is InChI=1S/C25H27N3O4/c29-22(19-30-18-20-8-3-1-4-9-20)16-28(17-23-12-7-15-31-23)14-13-24-26-25(27-32-24)21-10-5-2-6-11-21/h1-12,15,22,29H,13-14,16-19H2. The van der Waals surface area contributed by atoms with Gasteiger partial charge in [-0.3, -0.25) is 4.90 Å². The Morgan fingerprint density at radius 3 is 2.50 bits per heavy atom. The highest BCUT2D eigenvalue weighted by Gasteiger charge is 2.16. The van der Waals surface area contributed by atoms with Crippen LogP contribution in [0.3, 0.4) is 0 Å². The second-order valence-electron chi connectivity index (χ2n) is 7.60. The molecular formula is C25H27N3O4. The smallest absolute Gasteiger partial charge is 0.228 e. The molecule has 0 spiro atoms. The van der Waals surface area contributed by atoms with E-state index in [0.717, 1.165) is 16.9 Å². The molecule has 2 aromatic heterocycles. The Bertz CT molecular complexity index is 1040. The molecule has 2 aromatic carbocycles. The second-order valence-corrected chi connectivity index (χ2v) is 7.60. The molecule has 166 valence electrons. The zero-order valence-corrected chi connectivity index (χ0v) is 17.8. The van der Waals surface area contributed by atoms with Gasteiger partial charge in [0.05, 0.1) is 32.1 Å². The summed E-state index contributed by atoms with van der Waals surface area (Å²) in [4.78, 5) is 6.60. The van der Waals surface area contributed by atoms with Gasteiger partial charge < -0.3 is 18.8 Å². The Labute approximate surface area is 187 Å². The summed E-state index contributed by atoms with van der Waals surface area (Å²) in [6.45, 7) is 2.37. The minimum atomic E-state index is -0.628. The molecule has 0 saturated heterocycles. The zero-order chi connectivity index (χ0) is 22.0. The van der Waals surface area contributed by atoms with Gasteiger partial charge in [0, 0.05) is 25.1 Å². The van der Waals surface area contributed by atoms with Crippen molar-refractivity contribution in [3.8, 4) is 11.4 Å². The molecule has 4 aromatic rings. The topological polar surface area (TPSA) is 84.8 Å². The van der Waals surface area contributed by atoms with E-state index >= 15 is 0 Å². The summed E-state index contributed by atoms with van der Waals surface area (Å²) >= 11 is 0. The van der Waals surface area contributed by atoms with Crippen molar-refractivity contribution in [3.05, 3.63) is 96.3 Å². The summed E-state index contributed by atoms with van der Waals surface area (Å²) in [5, 5.41) is 14.6. The van der Waals surface area contributed by atoms with Crippen LogP contribution in [0.15, 0.2) is 88.0 Å². The van der Waals surface area contributed by atoms with Crippen LogP contribution < -0.4 is 0 Å². The van der Waals surface area contributed by atoms with Gasteiger partial charge in [0.25, 0.3) is 0 Å². The van der Waals surface area contributed by atoms with E-state index in [1.54, 1.807) is 6.26 Å². The molecule has 0 aliphatic carbocycles. The molecule has 1 unspecified atom stereocenters. The highest BCUT2D eigenvalue weighted by molar-refractivity contribution is 5.53. The van der Waals surface area contributed by atoms with Gasteiger partial charge in [-0.25, -0.2) is 0 Å². The minimum Gasteiger partial charge on any atom is -0.468 e. The molecule has 0 fully saturated rings. The van der Waals surface area contributed by atoms with E-state index in [1.165, 1.54) is 0 Å². The van der Waals surface area contributed by atoms with E-state index < -0.39 is 6.10 Å². The molecule has 0 aliphatic heterocycles. The van der Waals surface area contributed by atoms with Gasteiger partial charge in [-0.05, 0) is 17.7 Å². The number of benzene rings is 2. The van der Waals surface area contributed by atoms with E-state index in [1.807, 2.05) is 72.8 Å². The fourth-order valence-electron chi connectivity index (χ4n) is 3.41. The average Bonchev–Trinajstić information content (AvgIpc) is 3.51. The van der Waals surface area contributed by atoms with Crippen LogP contribution in [-0.2, 0) is 24.3 Å². The molecule has 0 amide bonds. The summed E-state index contributed by atoms with van der Waals surface area (Å²) in [6, 6.07) is 23.4. The normalized spacial score (nSPS) is 12.3. The Hall–Kier alpha value is -3.26. The van der Waals surface area contributed by atoms with Crippen LogP contribution in [0.5, 0.6) is 0 Å². The van der Waals surface area contributed by atoms with Crippen molar-refractivity contribution < 1.29 is 18.8 Å². The number of aliphatic hydroxyl groups excluding tert-OH is 1. The lowest BCUT2D eigenvalue weighted by molar-refractivity contribution is 0.00750. The summed E-state index contributed by atoms with van der Waals surface area (Å²) in [7, 11) is 0. The summed E-state index contributed by atoms with van der Waals surface area (Å²) < 4.78 is 16.6. The van der Waals surface area contributed by atoms with Crippen molar-refractivity contribution in [2.24, 2.45) is 0 Å². The van der Waals surface area contributed by atoms with Crippen molar-refractivity contribution in [1.29, 1.82) is 0 Å². The lowest BCUT2D eigenvalue weighted by Gasteiger charge is -2.23. The minimum absolute atomic E-state index is 0.252. The predicted octanol–water partition coefficient (Wildman–Crippen LogP) is 3.95. The number of ether oxygens (including phenoxy) is 1. The van der Waals surface area contributed by atoms with Crippen LogP contribution >= 0.6 is 0 Å². The van der Waals surface area contributed by atoms with Crippen LogP contribution in [0.25, 0.3) is 11.4 Å². The van der Waals surface area contributed by atoms with Crippen molar-refractivity contribution in [2.45, 2.75) is 25.7 Å². The molecule has 2 heterocycles. The summed E-state index contributed by atoms with van der Waals surface area (Å²) in [6.07, 6.45) is 1.59. The predicted molar refractivity (Wildman–Crippen MR) is 120 cm³/mol. The molecule has 0 saturated carbocycles. The van der Waals surface area contributed by atoms with Crippen LogP contribution in [0, 0.1) is 0 Å². The lowest BCUT2D eigenvalue weighted by atomic mass is 10.2. The number of aliphatic hydroxyl groups is 1. The molecule has 7 nitrogen and oxygen atoms in total. The third kappa shape index (κ3) is 6.62. The van der Waals surface area contributed by atoms with Gasteiger partial charge in [0.1, 0.15) is 5.76 Å². The van der Waals surface area contributed by atoms with Crippen LogP contribution in [0.1, 0.15) is 17.2 Å². The first-order valence-electron chi connectivity index (χ1n) is 10.7. The highest BCUT2D eigenvalue weighted by atomic mass is 16.5. The molecule has 32 heavy (non-hydrogen) atoms. The number of aromatic nitrogens is 2. The Morgan fingerprint density at radius 1 is 0.969 bits per heavy atom. The largest absolute Gasteiger partial charge is 0.468 e. The molecule has 1 N–H and O–H groups in total. The van der Waals surface area contributed by atoms with Crippen LogP contribution in [0.4, 0.5) is 0 Å². The van der Waals surface area contributed by atoms with Gasteiger partial charge in [-0.1, -0.05) is 65.8 Å². The molecule has 4 rings (SSSR count). The molecular weight excluding hydrogens is 406 g/mol. The fraction of sp³-hybridized carbons (Fsp3) is 0.280. The van der Waals surface area contributed by atoms with Gasteiger partial charge in [0.15, 0.2) is 0 Å². The second kappa shape index (κ2) is 11.4. The first kappa shape index (κ1) is 22.0. The van der Waals surface area contributed by atoms with Crippen molar-refractivity contribution in [3.63, 3.8) is 0 Å². The van der Waals surface area contributed by atoms with Gasteiger partial charge in [-0.15, -0.1) is 0 Å². The van der Waals surface area contributed by atoms with E-state index in [9.17, 15) is 5.11 Å². The van der Waals surface area contributed by atoms with Crippen molar-refractivity contribution in [1.82, 2.24) is 15.0 Å². The number of nitrogens with zero attached hydrogens (tertiary/aromatic N) is 3. The maximum atomic E-state index is 10.5. The van der Waals surface area contributed by atoms with Crippen LogP contribution in [-0.4, -0.2) is 45.9 Å². The Morgan fingerprint density at radius 2 is 1.75 bits per heavy atom. The fourth-order valence-corrected chi connectivity index (χ4v) is 3.41. The number of hydrogen-bond donors (Lipinski definition) is 1. The Kier molecular flexibility index (Phi) is 7.81. The van der Waals surface area contributed by atoms with Crippen molar-refractivity contribution in [2.75, 3.05) is 19.7 Å². The van der Waals surface area contributed by atoms with E-state index in [-0.39, 0.29) is 6.61 Å². The molecule has 1 atom stereocenters. The zero-order valence-electron chi connectivity index (χ0n) is 17.8. The monoisotopic (exact) mass is 433 g/mol. The highest BCUT2D eigenvalue weighted by Crippen LogP contribution is 2.15. The third-order valence-electron chi connectivity index (χ3n) is 4.99. The Balaban J connectivity index is 1.30. The maximum Gasteiger partial charge on any atom is 0.228 e. The van der Waals surface area contributed by atoms with Gasteiger partial charge in [0.2, 0.25) is 11.7 Å². The van der Waals surface area contributed by atoms with Gasteiger partial charge >= 0.3 is 0 Å². The van der Waals surface area contributed by atoms with E-state index in [2.05, 4.69) is 15.0 Å². The number of rotatable bonds is 12. The quantitative estimate of drug-likeness (QED) is 0.362. The lowest BCUT2D eigenvalue weighted by Crippen LogP contribution is -2.35. The molecule has 0 bridgehead atoms. The van der Waals surface area contributed by atoms with E-state index in [4.69, 9.17) is 13.7 Å². The first-order chi connectivity index (χ1) is 15.8. The third-order valence-corrected chi connectivity index (χ3v) is 4.99. The van der Waals surface area contributed by atoms with Crippen LogP contribution in [0.2, 0.25) is 0 Å². The molecule has 0 aliphatic rings. The number of hydrogen-bond acceptors (Lipinski definition) is 7. The average molecular weight is 434 g/mol. The summed E-state index contributed by atoms with van der Waals surface area (Å²) in [5.41, 5.74) is 2.00. The maximum absolute atomic E-state index is 10.5. The molecule has 0 radical (unpaired) electrons. The van der Waals surface area contributed by atoms with Gasteiger partial charge in [-0.2, -0.15) is 4.98 Å². The molecule has 7 heteroatoms. The SMILES string of the molecule is OC(COCc1ccccc1)CN(CCc1nc(-c2ccccc2)no1)Cc1ccco1. The number of furan rings is 1. The van der Waals surface area contributed by atoms with E-state index in [0.29, 0.717) is 44.4 Å².